The van der Waals surface area contributed by atoms with Crippen LogP contribution >= 0.6 is 0 Å². The van der Waals surface area contributed by atoms with E-state index < -0.39 is 23.8 Å². The van der Waals surface area contributed by atoms with Crippen molar-refractivity contribution in [3.05, 3.63) is 28.5 Å². The average molecular weight is 739 g/mol. The van der Waals surface area contributed by atoms with E-state index in [-0.39, 0.29) is 5.54 Å². The van der Waals surface area contributed by atoms with Crippen LogP contribution in [0.5, 0.6) is 6.01 Å². The van der Waals surface area contributed by atoms with E-state index >= 15 is 0 Å². The Morgan fingerprint density at radius 2 is 1.78 bits per heavy atom. The van der Waals surface area contributed by atoms with Crippen molar-refractivity contribution in [3.8, 4) is 6.01 Å². The van der Waals surface area contributed by atoms with Gasteiger partial charge in [0.25, 0.3) is 10.2 Å². The number of anilines is 2. The molecule has 3 aromatic rings. The second-order valence-electron chi connectivity index (χ2n) is 16.8. The first-order chi connectivity index (χ1) is 24.3. The Bertz CT molecular complexity index is 1910. The minimum absolute atomic E-state index is 0.0724. The number of rotatable bonds is 10. The molecule has 7 heterocycles. The maximum Gasteiger partial charge on any atom is 0.318 e. The summed E-state index contributed by atoms with van der Waals surface area (Å²) in [7, 11) is -4.70. The third-order valence-electron chi connectivity index (χ3n) is 12.0. The van der Waals surface area contributed by atoms with Crippen LogP contribution in [0.15, 0.2) is 6.07 Å². The summed E-state index contributed by atoms with van der Waals surface area (Å²) in [5, 5.41) is 9.26. The lowest BCUT2D eigenvalue weighted by Gasteiger charge is -2.41. The van der Waals surface area contributed by atoms with Gasteiger partial charge in [-0.15, -0.1) is 5.10 Å². The van der Waals surface area contributed by atoms with E-state index in [4.69, 9.17) is 24.5 Å². The summed E-state index contributed by atoms with van der Waals surface area (Å²) in [6, 6.07) is 3.69. The van der Waals surface area contributed by atoms with Gasteiger partial charge in [-0.2, -0.15) is 23.1 Å². The fourth-order valence-corrected chi connectivity index (χ4v) is 11.1. The highest BCUT2D eigenvalue weighted by molar-refractivity contribution is 7.87. The molecule has 4 saturated heterocycles. The van der Waals surface area contributed by atoms with Gasteiger partial charge < -0.3 is 19.3 Å². The molecule has 5 aliphatic heterocycles. The van der Waals surface area contributed by atoms with Gasteiger partial charge in [0.15, 0.2) is 0 Å². The summed E-state index contributed by atoms with van der Waals surface area (Å²) in [5.41, 5.74) is 6.89. The summed E-state index contributed by atoms with van der Waals surface area (Å²) in [4.78, 5) is 17.5. The van der Waals surface area contributed by atoms with E-state index in [9.17, 15) is 8.42 Å². The number of aromatic nitrogens is 5. The summed E-state index contributed by atoms with van der Waals surface area (Å²) in [6.07, 6.45) is 7.09. The van der Waals surface area contributed by atoms with E-state index in [1.54, 1.807) is 0 Å². The summed E-state index contributed by atoms with van der Waals surface area (Å²) in [6.45, 7) is 18.4. The van der Waals surface area contributed by atoms with E-state index in [0.717, 1.165) is 105 Å². The maximum absolute atomic E-state index is 12.4. The van der Waals surface area contributed by atoms with Gasteiger partial charge in [0, 0.05) is 46.4 Å². The van der Waals surface area contributed by atoms with Crippen LogP contribution in [-0.2, 0) is 34.6 Å². The molecule has 1 unspecified atom stereocenters. The summed E-state index contributed by atoms with van der Waals surface area (Å²) in [5.74, 6) is 0.875. The SMILES string of the molecule is Cc1cc2c(nnn2COCC[Si](C)(C)C)c(N2CCc3c(nc(OCC45CCCN4CCC5)nc3N3CCCC4(CNS(=O)(=O)N4)C3)C2)c1C. The van der Waals surface area contributed by atoms with Gasteiger partial charge in [-0.3, -0.25) is 4.90 Å². The number of aryl methyl sites for hydroxylation is 1. The molecule has 0 radical (unpaired) electrons. The lowest BCUT2D eigenvalue weighted by molar-refractivity contribution is 0.0803. The van der Waals surface area contributed by atoms with E-state index in [0.29, 0.717) is 39.0 Å². The monoisotopic (exact) mass is 738 g/mol. The molecule has 0 bridgehead atoms. The van der Waals surface area contributed by atoms with Gasteiger partial charge in [-0.05, 0) is 95.1 Å². The van der Waals surface area contributed by atoms with Gasteiger partial charge in [0.2, 0.25) is 0 Å². The first-order valence-electron chi connectivity index (χ1n) is 18.8. The third kappa shape index (κ3) is 6.87. The number of piperidine rings is 1. The molecule has 8 rings (SSSR count). The molecule has 5 aliphatic rings. The molecule has 1 spiro atoms. The fourth-order valence-electron chi connectivity index (χ4n) is 9.02. The van der Waals surface area contributed by atoms with Gasteiger partial charge >= 0.3 is 6.01 Å². The second-order valence-corrected chi connectivity index (χ2v) is 24.0. The first kappa shape index (κ1) is 35.2. The highest BCUT2D eigenvalue weighted by Crippen LogP contribution is 2.41. The largest absolute Gasteiger partial charge is 0.461 e. The van der Waals surface area contributed by atoms with Crippen molar-refractivity contribution >= 4 is 40.8 Å². The molecule has 278 valence electrons. The molecule has 14 nitrogen and oxygen atoms in total. The Kier molecular flexibility index (Phi) is 9.10. The number of benzene rings is 1. The molecule has 2 N–H and O–H groups in total. The second kappa shape index (κ2) is 13.2. The molecule has 0 aliphatic carbocycles. The Balaban J connectivity index is 1.11. The Labute approximate surface area is 302 Å². The van der Waals surface area contributed by atoms with Crippen molar-refractivity contribution in [2.45, 2.75) is 109 Å². The van der Waals surface area contributed by atoms with E-state index in [1.165, 1.54) is 24.0 Å². The van der Waals surface area contributed by atoms with Crippen LogP contribution in [0.25, 0.3) is 11.0 Å². The molecule has 1 aromatic carbocycles. The zero-order chi connectivity index (χ0) is 35.6. The number of ether oxygens (including phenoxy) is 2. The predicted octanol–water partition coefficient (Wildman–Crippen LogP) is 3.50. The zero-order valence-electron chi connectivity index (χ0n) is 30.9. The topological polar surface area (TPSA) is 143 Å². The van der Waals surface area contributed by atoms with Crippen LogP contribution in [0.4, 0.5) is 11.5 Å². The number of fused-ring (bicyclic) bond motifs is 3. The normalized spacial score (nSPS) is 24.5. The van der Waals surface area contributed by atoms with Gasteiger partial charge in [-0.1, -0.05) is 24.9 Å². The van der Waals surface area contributed by atoms with Gasteiger partial charge in [0.05, 0.1) is 34.5 Å². The predicted molar refractivity (Wildman–Crippen MR) is 200 cm³/mol. The Morgan fingerprint density at radius 1 is 1.00 bits per heavy atom. The van der Waals surface area contributed by atoms with Crippen molar-refractivity contribution in [3.63, 3.8) is 0 Å². The average Bonchev–Trinajstić information content (AvgIpc) is 3.84. The zero-order valence-corrected chi connectivity index (χ0v) is 32.7. The minimum atomic E-state index is -3.50. The van der Waals surface area contributed by atoms with Gasteiger partial charge in [-0.25, -0.2) is 9.40 Å². The number of nitrogens with zero attached hydrogens (tertiary/aromatic N) is 8. The molecular weight excluding hydrogens is 685 g/mol. The first-order valence-corrected chi connectivity index (χ1v) is 24.0. The van der Waals surface area contributed by atoms with Crippen LogP contribution in [-0.4, -0.2) is 110 Å². The van der Waals surface area contributed by atoms with Crippen molar-refractivity contribution in [2.24, 2.45) is 0 Å². The molecule has 4 fully saturated rings. The fraction of sp³-hybridized carbons (Fsp3) is 0.714. The van der Waals surface area contributed by atoms with Crippen molar-refractivity contribution in [2.75, 3.05) is 62.3 Å². The molecular formula is C35H54N10O4SSi. The highest BCUT2D eigenvalue weighted by Gasteiger charge is 2.46. The summed E-state index contributed by atoms with van der Waals surface area (Å²) < 4.78 is 45.1. The molecule has 0 saturated carbocycles. The van der Waals surface area contributed by atoms with Gasteiger partial charge in [0.1, 0.15) is 24.7 Å². The lowest BCUT2D eigenvalue weighted by Crippen LogP contribution is -2.57. The standard InChI is InChI=1S/C35H54N10O4SSi/c1-25-19-29-30(39-41-45(29)24-48-17-18-51(3,4)5)31(26(25)2)42-16-9-27-28(20-42)37-33(49-23-35-11-7-14-44(35)15-8-12-35)38-32(27)43-13-6-10-34(22-43)21-36-50(46,47)40-34/h19,36,40H,6-18,20-24H2,1-5H3. The third-order valence-corrected chi connectivity index (χ3v) is 14.9. The number of nitrogens with one attached hydrogen (secondary N) is 2. The quantitative estimate of drug-likeness (QED) is 0.233. The van der Waals surface area contributed by atoms with Crippen molar-refractivity contribution < 1.29 is 17.9 Å². The van der Waals surface area contributed by atoms with Crippen LogP contribution in [0.2, 0.25) is 25.7 Å². The van der Waals surface area contributed by atoms with Crippen molar-refractivity contribution in [1.29, 1.82) is 0 Å². The number of hydrogen-bond donors (Lipinski definition) is 2. The van der Waals surface area contributed by atoms with Crippen LogP contribution in [0.3, 0.4) is 0 Å². The van der Waals surface area contributed by atoms with E-state index in [2.05, 4.69) is 68.9 Å². The van der Waals surface area contributed by atoms with Crippen LogP contribution < -0.4 is 24.0 Å². The molecule has 1 atom stereocenters. The van der Waals surface area contributed by atoms with Crippen molar-refractivity contribution in [1.82, 2.24) is 39.3 Å². The van der Waals surface area contributed by atoms with E-state index in [1.807, 2.05) is 4.68 Å². The molecule has 51 heavy (non-hydrogen) atoms. The molecule has 0 amide bonds. The molecule has 2 aromatic heterocycles. The minimum Gasteiger partial charge on any atom is -0.461 e. The highest BCUT2D eigenvalue weighted by atomic mass is 32.2. The van der Waals surface area contributed by atoms with Crippen LogP contribution in [0.1, 0.15) is 60.9 Å². The number of hydrogen-bond acceptors (Lipinski definition) is 11. The summed E-state index contributed by atoms with van der Waals surface area (Å²) >= 11 is 0. The Morgan fingerprint density at radius 3 is 2.53 bits per heavy atom. The van der Waals surface area contributed by atoms with Crippen LogP contribution in [0, 0.1) is 13.8 Å². The molecule has 16 heteroatoms. The lowest BCUT2D eigenvalue weighted by atomic mass is 9.89. The maximum atomic E-state index is 12.4. The Hall–Kier alpha value is -2.89. The smallest absolute Gasteiger partial charge is 0.318 e.